The van der Waals surface area contributed by atoms with Gasteiger partial charge in [0.05, 0.1) is 7.11 Å². The number of nitrogens with one attached hydrogen (secondary N) is 1. The maximum atomic E-state index is 11.9. The molecule has 0 aromatic carbocycles. The number of nitrogens with zero attached hydrogens (tertiary/aromatic N) is 2. The molecule has 0 radical (unpaired) electrons. The largest absolute Gasteiger partial charge is 0.481 e. The number of carbonyl (C=O) groups is 1. The average molecular weight is 252 g/mol. The molecule has 1 saturated carbocycles. The summed E-state index contributed by atoms with van der Waals surface area (Å²) >= 11 is 0. The Morgan fingerprint density at radius 2 is 2.39 bits per heavy atom. The molecule has 1 aliphatic carbocycles. The van der Waals surface area contributed by atoms with Crippen molar-refractivity contribution >= 4 is 5.91 Å². The summed E-state index contributed by atoms with van der Waals surface area (Å²) in [6.45, 7) is 1.36. The third-order valence-corrected chi connectivity index (χ3v) is 3.53. The minimum absolute atomic E-state index is 0.155. The maximum absolute atomic E-state index is 11.9. The molecule has 0 atom stereocenters. The lowest BCUT2D eigenvalue weighted by molar-refractivity contribution is 0.0938. The van der Waals surface area contributed by atoms with Gasteiger partial charge in [-0.3, -0.25) is 4.79 Å². The first-order chi connectivity index (χ1) is 8.60. The Kier molecular flexibility index (Phi) is 3.56. The molecular weight excluding hydrogens is 232 g/mol. The van der Waals surface area contributed by atoms with Gasteiger partial charge in [0.15, 0.2) is 5.69 Å². The van der Waals surface area contributed by atoms with Gasteiger partial charge in [0.25, 0.3) is 5.91 Å². The Balaban J connectivity index is 1.91. The number of amides is 1. The van der Waals surface area contributed by atoms with E-state index in [4.69, 9.17) is 10.5 Å². The zero-order chi connectivity index (χ0) is 13.2. The third kappa shape index (κ3) is 2.64. The molecule has 1 amide bonds. The normalized spacial score (nSPS) is 16.4. The highest BCUT2D eigenvalue weighted by atomic mass is 16.5. The number of carbonyl (C=O) groups excluding carboxylic acids is 1. The fraction of sp³-hybridized carbons (Fsp3) is 0.667. The van der Waals surface area contributed by atoms with Crippen molar-refractivity contribution in [1.29, 1.82) is 0 Å². The van der Waals surface area contributed by atoms with E-state index in [9.17, 15) is 4.79 Å². The summed E-state index contributed by atoms with van der Waals surface area (Å²) in [7, 11) is 3.30. The second kappa shape index (κ2) is 4.97. The molecule has 0 bridgehead atoms. The van der Waals surface area contributed by atoms with Gasteiger partial charge in [0, 0.05) is 19.7 Å². The first-order valence-electron chi connectivity index (χ1n) is 6.16. The predicted octanol–water partition coefficient (Wildman–Crippen LogP) is 0.288. The molecule has 3 N–H and O–H groups in total. The van der Waals surface area contributed by atoms with Gasteiger partial charge >= 0.3 is 0 Å². The van der Waals surface area contributed by atoms with Crippen molar-refractivity contribution in [2.24, 2.45) is 18.2 Å². The first kappa shape index (κ1) is 12.9. The molecule has 0 aliphatic heterocycles. The summed E-state index contributed by atoms with van der Waals surface area (Å²) in [5.41, 5.74) is 6.19. The summed E-state index contributed by atoms with van der Waals surface area (Å²) in [5.74, 6) is 0.417. The molecule has 2 rings (SSSR count). The van der Waals surface area contributed by atoms with E-state index < -0.39 is 0 Å². The highest BCUT2D eigenvalue weighted by Gasteiger charge is 2.41. The Hall–Kier alpha value is -1.56. The van der Waals surface area contributed by atoms with Gasteiger partial charge in [-0.05, 0) is 31.2 Å². The molecule has 1 heterocycles. The predicted molar refractivity (Wildman–Crippen MR) is 67.4 cm³/mol. The number of methoxy groups -OCH3 is 1. The summed E-state index contributed by atoms with van der Waals surface area (Å²) in [5, 5.41) is 7.03. The van der Waals surface area contributed by atoms with E-state index in [0.717, 1.165) is 19.3 Å². The number of nitrogens with two attached hydrogens (primary N) is 1. The molecule has 0 unspecified atom stereocenters. The van der Waals surface area contributed by atoms with E-state index in [1.165, 1.54) is 0 Å². The number of aromatic nitrogens is 2. The van der Waals surface area contributed by atoms with Crippen molar-refractivity contribution in [2.75, 3.05) is 20.2 Å². The standard InChI is InChI=1S/C12H20N4O2/c1-16-10(18-2)7-9(15-16)11(17)14-8-12(3-4-12)5-6-13/h7H,3-6,8,13H2,1-2H3,(H,14,17). The second-order valence-corrected chi connectivity index (χ2v) is 4.92. The van der Waals surface area contributed by atoms with Crippen molar-refractivity contribution in [1.82, 2.24) is 15.1 Å². The zero-order valence-electron chi connectivity index (χ0n) is 10.9. The third-order valence-electron chi connectivity index (χ3n) is 3.53. The second-order valence-electron chi connectivity index (χ2n) is 4.92. The summed E-state index contributed by atoms with van der Waals surface area (Å²) in [6, 6.07) is 1.64. The van der Waals surface area contributed by atoms with Gasteiger partial charge in [0.2, 0.25) is 5.88 Å². The molecule has 0 saturated heterocycles. The maximum Gasteiger partial charge on any atom is 0.271 e. The van der Waals surface area contributed by atoms with Crippen LogP contribution in [-0.4, -0.2) is 35.9 Å². The molecular formula is C12H20N4O2. The van der Waals surface area contributed by atoms with Crippen LogP contribution in [0.1, 0.15) is 29.8 Å². The average Bonchev–Trinajstić information content (AvgIpc) is 3.01. The fourth-order valence-corrected chi connectivity index (χ4v) is 2.11. The van der Waals surface area contributed by atoms with Crippen molar-refractivity contribution in [3.63, 3.8) is 0 Å². The molecule has 1 aromatic rings. The lowest BCUT2D eigenvalue weighted by Gasteiger charge is -2.13. The van der Waals surface area contributed by atoms with E-state index in [-0.39, 0.29) is 11.3 Å². The van der Waals surface area contributed by atoms with Crippen LogP contribution in [0.15, 0.2) is 6.07 Å². The van der Waals surface area contributed by atoms with Crippen LogP contribution in [-0.2, 0) is 7.05 Å². The van der Waals surface area contributed by atoms with E-state index in [0.29, 0.717) is 24.7 Å². The highest BCUT2D eigenvalue weighted by Crippen LogP contribution is 2.47. The van der Waals surface area contributed by atoms with E-state index in [1.807, 2.05) is 0 Å². The highest BCUT2D eigenvalue weighted by molar-refractivity contribution is 5.92. The number of aryl methyl sites for hydroxylation is 1. The zero-order valence-corrected chi connectivity index (χ0v) is 10.9. The minimum atomic E-state index is -0.155. The minimum Gasteiger partial charge on any atom is -0.481 e. The van der Waals surface area contributed by atoms with Gasteiger partial charge in [-0.2, -0.15) is 5.10 Å². The fourth-order valence-electron chi connectivity index (χ4n) is 2.11. The van der Waals surface area contributed by atoms with Gasteiger partial charge in [-0.1, -0.05) is 0 Å². The van der Waals surface area contributed by atoms with Crippen molar-refractivity contribution in [3.05, 3.63) is 11.8 Å². The topological polar surface area (TPSA) is 82.2 Å². The van der Waals surface area contributed by atoms with Crippen LogP contribution < -0.4 is 15.8 Å². The molecule has 1 aromatic heterocycles. The van der Waals surface area contributed by atoms with Crippen LogP contribution in [0.5, 0.6) is 5.88 Å². The van der Waals surface area contributed by atoms with Gasteiger partial charge in [-0.15, -0.1) is 0 Å². The number of hydrogen-bond donors (Lipinski definition) is 2. The monoisotopic (exact) mass is 252 g/mol. The van der Waals surface area contributed by atoms with Crippen LogP contribution >= 0.6 is 0 Å². The van der Waals surface area contributed by atoms with Crippen LogP contribution in [0.25, 0.3) is 0 Å². The lowest BCUT2D eigenvalue weighted by Crippen LogP contribution is -2.31. The summed E-state index contributed by atoms with van der Waals surface area (Å²) < 4.78 is 6.62. The molecule has 1 aliphatic rings. The number of hydrogen-bond acceptors (Lipinski definition) is 4. The van der Waals surface area contributed by atoms with Crippen LogP contribution in [0, 0.1) is 5.41 Å². The van der Waals surface area contributed by atoms with Crippen LogP contribution in [0.2, 0.25) is 0 Å². The molecule has 6 heteroatoms. The van der Waals surface area contributed by atoms with Gasteiger partial charge in [0.1, 0.15) is 0 Å². The van der Waals surface area contributed by atoms with Crippen molar-refractivity contribution in [2.45, 2.75) is 19.3 Å². The summed E-state index contributed by atoms with van der Waals surface area (Å²) in [4.78, 5) is 11.9. The van der Waals surface area contributed by atoms with Gasteiger partial charge < -0.3 is 15.8 Å². The Morgan fingerprint density at radius 3 is 2.89 bits per heavy atom. The quantitative estimate of drug-likeness (QED) is 0.762. The van der Waals surface area contributed by atoms with E-state index in [2.05, 4.69) is 10.4 Å². The van der Waals surface area contributed by atoms with Crippen molar-refractivity contribution in [3.8, 4) is 5.88 Å². The van der Waals surface area contributed by atoms with Crippen LogP contribution in [0.4, 0.5) is 0 Å². The molecule has 0 spiro atoms. The molecule has 1 fully saturated rings. The Labute approximate surface area is 106 Å². The first-order valence-corrected chi connectivity index (χ1v) is 6.16. The molecule has 100 valence electrons. The lowest BCUT2D eigenvalue weighted by atomic mass is 10.0. The molecule has 18 heavy (non-hydrogen) atoms. The smallest absolute Gasteiger partial charge is 0.271 e. The number of ether oxygens (including phenoxy) is 1. The Morgan fingerprint density at radius 1 is 1.67 bits per heavy atom. The SMILES string of the molecule is COc1cc(C(=O)NCC2(CCN)CC2)nn1C. The van der Waals surface area contributed by atoms with E-state index >= 15 is 0 Å². The van der Waals surface area contributed by atoms with Gasteiger partial charge in [-0.25, -0.2) is 4.68 Å². The Bertz CT molecular complexity index is 437. The van der Waals surface area contributed by atoms with Crippen LogP contribution in [0.3, 0.4) is 0 Å². The van der Waals surface area contributed by atoms with Crippen molar-refractivity contribution < 1.29 is 9.53 Å². The number of rotatable bonds is 6. The summed E-state index contributed by atoms with van der Waals surface area (Å²) in [6.07, 6.45) is 3.27. The van der Waals surface area contributed by atoms with E-state index in [1.54, 1.807) is 24.9 Å². The molecule has 6 nitrogen and oxygen atoms in total.